The molecule has 2 rings (SSSR count). The summed E-state index contributed by atoms with van der Waals surface area (Å²) in [6.07, 6.45) is 3.48. The SMILES string of the molecule is CC1CCC(CO)(NC(=O)c2cc(O)ccc2Cl)CC1. The number of aliphatic hydroxyl groups excluding tert-OH is 1. The number of amides is 1. The molecule has 110 valence electrons. The Kier molecular flexibility index (Phi) is 4.55. The first kappa shape index (κ1) is 15.1. The summed E-state index contributed by atoms with van der Waals surface area (Å²) in [4.78, 5) is 12.3. The van der Waals surface area contributed by atoms with Crippen LogP contribution >= 0.6 is 11.6 Å². The molecule has 1 saturated carbocycles. The van der Waals surface area contributed by atoms with Gasteiger partial charge in [0.05, 0.1) is 22.7 Å². The van der Waals surface area contributed by atoms with E-state index >= 15 is 0 Å². The third-order valence-electron chi connectivity index (χ3n) is 4.11. The van der Waals surface area contributed by atoms with Crippen molar-refractivity contribution in [3.8, 4) is 5.75 Å². The molecule has 5 heteroatoms. The minimum Gasteiger partial charge on any atom is -0.508 e. The second kappa shape index (κ2) is 6.02. The molecule has 1 fully saturated rings. The van der Waals surface area contributed by atoms with E-state index in [0.29, 0.717) is 5.92 Å². The summed E-state index contributed by atoms with van der Waals surface area (Å²) in [7, 11) is 0. The van der Waals surface area contributed by atoms with Gasteiger partial charge in [0.2, 0.25) is 0 Å². The van der Waals surface area contributed by atoms with Crippen molar-refractivity contribution in [2.45, 2.75) is 38.1 Å². The predicted molar refractivity (Wildman–Crippen MR) is 78.0 cm³/mol. The number of benzene rings is 1. The lowest BCUT2D eigenvalue weighted by molar-refractivity contribution is 0.0717. The Hall–Kier alpha value is -1.26. The van der Waals surface area contributed by atoms with Crippen LogP contribution in [0.4, 0.5) is 0 Å². The van der Waals surface area contributed by atoms with Gasteiger partial charge in [-0.1, -0.05) is 18.5 Å². The van der Waals surface area contributed by atoms with Crippen LogP contribution in [0.2, 0.25) is 5.02 Å². The van der Waals surface area contributed by atoms with Crippen molar-refractivity contribution in [3.63, 3.8) is 0 Å². The highest BCUT2D eigenvalue weighted by molar-refractivity contribution is 6.33. The summed E-state index contributed by atoms with van der Waals surface area (Å²) in [5.41, 5.74) is -0.337. The number of phenolic OH excluding ortho intramolecular Hbond substituents is 1. The van der Waals surface area contributed by atoms with Gasteiger partial charge >= 0.3 is 0 Å². The number of halogens is 1. The molecule has 0 unspecified atom stereocenters. The quantitative estimate of drug-likeness (QED) is 0.803. The van der Waals surface area contributed by atoms with Gasteiger partial charge in [-0.25, -0.2) is 0 Å². The summed E-state index contributed by atoms with van der Waals surface area (Å²) in [5, 5.41) is 22.3. The molecule has 0 spiro atoms. The van der Waals surface area contributed by atoms with E-state index in [4.69, 9.17) is 11.6 Å². The van der Waals surface area contributed by atoms with Crippen molar-refractivity contribution in [1.29, 1.82) is 0 Å². The summed E-state index contributed by atoms with van der Waals surface area (Å²) in [6.45, 7) is 2.09. The van der Waals surface area contributed by atoms with Gasteiger partial charge in [0.15, 0.2) is 0 Å². The van der Waals surface area contributed by atoms with Crippen molar-refractivity contribution < 1.29 is 15.0 Å². The van der Waals surface area contributed by atoms with E-state index in [2.05, 4.69) is 12.2 Å². The van der Waals surface area contributed by atoms with Crippen molar-refractivity contribution in [2.24, 2.45) is 5.92 Å². The molecule has 3 N–H and O–H groups in total. The second-order valence-corrected chi connectivity index (χ2v) is 6.15. The molecule has 0 bridgehead atoms. The number of rotatable bonds is 3. The number of carbonyl (C=O) groups is 1. The summed E-state index contributed by atoms with van der Waals surface area (Å²) in [5.74, 6) is 0.264. The number of phenols is 1. The minimum absolute atomic E-state index is 0.00475. The van der Waals surface area contributed by atoms with Gasteiger partial charge in [0.25, 0.3) is 5.91 Å². The van der Waals surface area contributed by atoms with Crippen LogP contribution in [0.25, 0.3) is 0 Å². The molecule has 0 radical (unpaired) electrons. The zero-order valence-electron chi connectivity index (χ0n) is 11.5. The molecular formula is C15H20ClNO3. The van der Waals surface area contributed by atoms with E-state index < -0.39 is 5.54 Å². The average Bonchev–Trinajstić information content (AvgIpc) is 2.44. The number of aliphatic hydroxyl groups is 1. The molecule has 0 atom stereocenters. The van der Waals surface area contributed by atoms with Gasteiger partial charge in [-0.15, -0.1) is 0 Å². The van der Waals surface area contributed by atoms with Crippen molar-refractivity contribution in [2.75, 3.05) is 6.61 Å². The Morgan fingerprint density at radius 3 is 2.70 bits per heavy atom. The zero-order chi connectivity index (χ0) is 14.8. The smallest absolute Gasteiger partial charge is 0.253 e. The molecule has 1 aliphatic carbocycles. The van der Waals surface area contributed by atoms with Crippen LogP contribution in [0.5, 0.6) is 5.75 Å². The maximum Gasteiger partial charge on any atom is 0.253 e. The van der Waals surface area contributed by atoms with E-state index in [0.717, 1.165) is 25.7 Å². The normalized spacial score (nSPS) is 26.2. The fourth-order valence-electron chi connectivity index (χ4n) is 2.63. The molecule has 0 aromatic heterocycles. The Bertz CT molecular complexity index is 496. The molecule has 0 saturated heterocycles. The first-order valence-electron chi connectivity index (χ1n) is 6.88. The first-order valence-corrected chi connectivity index (χ1v) is 7.25. The second-order valence-electron chi connectivity index (χ2n) is 5.74. The maximum absolute atomic E-state index is 12.3. The number of hydrogen-bond acceptors (Lipinski definition) is 3. The fourth-order valence-corrected chi connectivity index (χ4v) is 2.84. The van der Waals surface area contributed by atoms with Gasteiger partial charge in [-0.3, -0.25) is 4.79 Å². The van der Waals surface area contributed by atoms with Crippen molar-refractivity contribution in [3.05, 3.63) is 28.8 Å². The van der Waals surface area contributed by atoms with E-state index in [1.807, 2.05) is 0 Å². The van der Waals surface area contributed by atoms with E-state index in [1.54, 1.807) is 0 Å². The van der Waals surface area contributed by atoms with Gasteiger partial charge in [-0.05, 0) is 49.8 Å². The van der Waals surface area contributed by atoms with Gasteiger partial charge in [-0.2, -0.15) is 0 Å². The van der Waals surface area contributed by atoms with Gasteiger partial charge in [0, 0.05) is 0 Å². The monoisotopic (exact) mass is 297 g/mol. The lowest BCUT2D eigenvalue weighted by Gasteiger charge is -2.38. The molecule has 1 aromatic rings. The van der Waals surface area contributed by atoms with E-state index in [9.17, 15) is 15.0 Å². The average molecular weight is 298 g/mol. The highest BCUT2D eigenvalue weighted by Gasteiger charge is 2.35. The largest absolute Gasteiger partial charge is 0.508 e. The van der Waals surface area contributed by atoms with Crippen molar-refractivity contribution >= 4 is 17.5 Å². The first-order chi connectivity index (χ1) is 9.46. The highest BCUT2D eigenvalue weighted by atomic mass is 35.5. The lowest BCUT2D eigenvalue weighted by Crippen LogP contribution is -2.53. The van der Waals surface area contributed by atoms with Gasteiger partial charge < -0.3 is 15.5 Å². The highest BCUT2D eigenvalue weighted by Crippen LogP contribution is 2.32. The summed E-state index contributed by atoms with van der Waals surface area (Å²) < 4.78 is 0. The predicted octanol–water partition coefficient (Wildman–Crippen LogP) is 2.72. The topological polar surface area (TPSA) is 69.6 Å². The van der Waals surface area contributed by atoms with E-state index in [-0.39, 0.29) is 28.8 Å². The minimum atomic E-state index is -0.571. The van der Waals surface area contributed by atoms with Crippen LogP contribution in [-0.2, 0) is 0 Å². The Balaban J connectivity index is 2.15. The van der Waals surface area contributed by atoms with Gasteiger partial charge in [0.1, 0.15) is 5.75 Å². The molecule has 1 aliphatic rings. The number of hydrogen-bond donors (Lipinski definition) is 3. The van der Waals surface area contributed by atoms with Crippen LogP contribution in [-0.4, -0.2) is 28.3 Å². The van der Waals surface area contributed by atoms with Crippen LogP contribution in [0.1, 0.15) is 43.0 Å². The van der Waals surface area contributed by atoms with Crippen LogP contribution < -0.4 is 5.32 Å². The number of nitrogens with one attached hydrogen (secondary N) is 1. The van der Waals surface area contributed by atoms with Crippen LogP contribution in [0.3, 0.4) is 0 Å². The van der Waals surface area contributed by atoms with Crippen LogP contribution in [0.15, 0.2) is 18.2 Å². The Labute approximate surface area is 123 Å². The third-order valence-corrected chi connectivity index (χ3v) is 4.44. The zero-order valence-corrected chi connectivity index (χ0v) is 12.3. The van der Waals surface area contributed by atoms with Crippen LogP contribution in [0, 0.1) is 5.92 Å². The van der Waals surface area contributed by atoms with E-state index in [1.165, 1.54) is 18.2 Å². The fraction of sp³-hybridized carbons (Fsp3) is 0.533. The third kappa shape index (κ3) is 3.25. The molecule has 0 aliphatic heterocycles. The molecule has 4 nitrogen and oxygen atoms in total. The molecule has 0 heterocycles. The summed E-state index contributed by atoms with van der Waals surface area (Å²) in [6, 6.07) is 4.26. The standard InChI is InChI=1S/C15H20ClNO3/c1-10-4-6-15(9-18,7-5-10)17-14(20)12-8-11(19)2-3-13(12)16/h2-3,8,10,18-19H,4-7,9H2,1H3,(H,17,20). The Morgan fingerprint density at radius 1 is 1.45 bits per heavy atom. The molecular weight excluding hydrogens is 278 g/mol. The summed E-state index contributed by atoms with van der Waals surface area (Å²) >= 11 is 5.99. The molecule has 1 amide bonds. The lowest BCUT2D eigenvalue weighted by atomic mass is 9.77. The van der Waals surface area contributed by atoms with Crippen molar-refractivity contribution in [1.82, 2.24) is 5.32 Å². The molecule has 1 aromatic carbocycles. The maximum atomic E-state index is 12.3. The Morgan fingerprint density at radius 2 is 2.10 bits per heavy atom. The molecule has 20 heavy (non-hydrogen) atoms. The number of aromatic hydroxyl groups is 1. The number of carbonyl (C=O) groups excluding carboxylic acids is 1.